The van der Waals surface area contributed by atoms with Gasteiger partial charge in [0, 0.05) is 5.02 Å². The number of aromatic nitrogens is 3. The summed E-state index contributed by atoms with van der Waals surface area (Å²) in [6, 6.07) is 7.53. The molecule has 0 atom stereocenters. The quantitative estimate of drug-likeness (QED) is 0.781. The van der Waals surface area contributed by atoms with Crippen LogP contribution >= 0.6 is 11.6 Å². The van der Waals surface area contributed by atoms with Crippen molar-refractivity contribution in [2.24, 2.45) is 0 Å². The lowest BCUT2D eigenvalue weighted by atomic mass is 10.2. The van der Waals surface area contributed by atoms with E-state index in [1.165, 1.54) is 0 Å². The van der Waals surface area contributed by atoms with Crippen molar-refractivity contribution in [1.82, 2.24) is 14.8 Å². The Bertz CT molecular complexity index is 619. The van der Waals surface area contributed by atoms with E-state index in [9.17, 15) is 0 Å². The van der Waals surface area contributed by atoms with Crippen LogP contribution in [0.4, 0.5) is 0 Å². The summed E-state index contributed by atoms with van der Waals surface area (Å²) in [7, 11) is -1.78. The molecule has 0 spiro atoms. The topological polar surface area (TPSA) is 39.9 Å². The van der Waals surface area contributed by atoms with Crippen LogP contribution in [0.2, 0.25) is 23.2 Å². The molecule has 1 aromatic carbocycles. The van der Waals surface area contributed by atoms with E-state index < -0.39 is 8.32 Å². The maximum atomic E-state index is 6.13. The first kappa shape index (κ1) is 16.2. The molecule has 6 heteroatoms. The molecular weight excluding hydrogens is 302 g/mol. The third-order valence-corrected chi connectivity index (χ3v) is 8.69. The smallest absolute Gasteiger partial charge is 0.192 e. The van der Waals surface area contributed by atoms with Gasteiger partial charge >= 0.3 is 0 Å². The van der Waals surface area contributed by atoms with Gasteiger partial charge in [0.2, 0.25) is 0 Å². The van der Waals surface area contributed by atoms with Crippen LogP contribution in [0.15, 0.2) is 30.6 Å². The molecule has 0 N–H and O–H groups in total. The number of halogens is 1. The summed E-state index contributed by atoms with van der Waals surface area (Å²) in [5.74, 6) is 0.694. The Labute approximate surface area is 132 Å². The Morgan fingerprint density at radius 2 is 2.00 bits per heavy atom. The zero-order valence-electron chi connectivity index (χ0n) is 13.2. The lowest BCUT2D eigenvalue weighted by molar-refractivity contribution is 0.267. The molecular formula is C15H22ClN3OSi. The number of benzene rings is 1. The average molecular weight is 324 g/mol. The minimum absolute atomic E-state index is 0.183. The molecule has 0 amide bonds. The van der Waals surface area contributed by atoms with Crippen LogP contribution in [0.5, 0.6) is 0 Å². The third kappa shape index (κ3) is 3.93. The zero-order valence-corrected chi connectivity index (χ0v) is 15.0. The second-order valence-electron chi connectivity index (χ2n) is 6.63. The number of hydrogen-bond acceptors (Lipinski definition) is 3. The summed E-state index contributed by atoms with van der Waals surface area (Å²) in [4.78, 5) is 4.31. The SMILES string of the molecule is CC(C)(C)[Si](C)(C)OCc1ncn(-c2cccc(Cl)c2)n1. The standard InChI is InChI=1S/C15H22ClN3OSi/c1-15(2,3)21(4,5)20-10-14-17-11-19(18-14)13-8-6-7-12(16)9-13/h6-9,11H,10H2,1-5H3. The second-order valence-corrected chi connectivity index (χ2v) is 11.9. The van der Waals surface area contributed by atoms with Gasteiger partial charge in [0.15, 0.2) is 14.1 Å². The van der Waals surface area contributed by atoms with E-state index in [1.807, 2.05) is 24.3 Å². The largest absolute Gasteiger partial charge is 0.409 e. The maximum absolute atomic E-state index is 6.13. The van der Waals surface area contributed by atoms with Crippen molar-refractivity contribution in [3.05, 3.63) is 41.4 Å². The normalized spacial score (nSPS) is 12.7. The summed E-state index contributed by atoms with van der Waals surface area (Å²) >= 11 is 5.99. The fraction of sp³-hybridized carbons (Fsp3) is 0.467. The van der Waals surface area contributed by atoms with E-state index in [1.54, 1.807) is 11.0 Å². The summed E-state index contributed by atoms with van der Waals surface area (Å²) < 4.78 is 7.85. The first-order chi connectivity index (χ1) is 9.69. The monoisotopic (exact) mass is 323 g/mol. The Morgan fingerprint density at radius 3 is 2.62 bits per heavy atom. The van der Waals surface area contributed by atoms with E-state index in [4.69, 9.17) is 16.0 Å². The van der Waals surface area contributed by atoms with Gasteiger partial charge in [-0.2, -0.15) is 0 Å². The van der Waals surface area contributed by atoms with Crippen molar-refractivity contribution in [2.75, 3.05) is 0 Å². The number of rotatable bonds is 4. The highest BCUT2D eigenvalue weighted by Gasteiger charge is 2.37. The Hall–Kier alpha value is -1.17. The van der Waals surface area contributed by atoms with Crippen LogP contribution in [-0.2, 0) is 11.0 Å². The van der Waals surface area contributed by atoms with Crippen molar-refractivity contribution in [2.45, 2.75) is 45.5 Å². The maximum Gasteiger partial charge on any atom is 0.192 e. The van der Waals surface area contributed by atoms with Gasteiger partial charge in [0.25, 0.3) is 0 Å². The molecule has 0 fully saturated rings. The van der Waals surface area contributed by atoms with Crippen molar-refractivity contribution in [1.29, 1.82) is 0 Å². The Morgan fingerprint density at radius 1 is 1.29 bits per heavy atom. The lowest BCUT2D eigenvalue weighted by Crippen LogP contribution is -2.40. The predicted molar refractivity (Wildman–Crippen MR) is 88.4 cm³/mol. The summed E-state index contributed by atoms with van der Waals surface area (Å²) in [6.07, 6.45) is 1.69. The van der Waals surface area contributed by atoms with Gasteiger partial charge in [-0.3, -0.25) is 0 Å². The first-order valence-corrected chi connectivity index (χ1v) is 10.3. The Kier molecular flexibility index (Phi) is 4.56. The van der Waals surface area contributed by atoms with Crippen LogP contribution < -0.4 is 0 Å². The van der Waals surface area contributed by atoms with Crippen molar-refractivity contribution < 1.29 is 4.43 Å². The van der Waals surface area contributed by atoms with Crippen LogP contribution in [0.3, 0.4) is 0 Å². The van der Waals surface area contributed by atoms with Crippen LogP contribution in [-0.4, -0.2) is 23.1 Å². The van der Waals surface area contributed by atoms with Gasteiger partial charge in [-0.1, -0.05) is 38.4 Å². The van der Waals surface area contributed by atoms with Crippen LogP contribution in [0, 0.1) is 0 Å². The Balaban J connectivity index is 2.08. The van der Waals surface area contributed by atoms with E-state index in [0.29, 0.717) is 17.5 Å². The molecule has 0 aliphatic heterocycles. The highest BCUT2D eigenvalue weighted by molar-refractivity contribution is 6.74. The summed E-state index contributed by atoms with van der Waals surface area (Å²) in [5.41, 5.74) is 0.897. The molecule has 0 radical (unpaired) electrons. The fourth-order valence-corrected chi connectivity index (χ4v) is 2.68. The van der Waals surface area contributed by atoms with Gasteiger partial charge in [-0.25, -0.2) is 9.67 Å². The van der Waals surface area contributed by atoms with E-state index >= 15 is 0 Å². The first-order valence-electron chi connectivity index (χ1n) is 6.99. The molecule has 0 aliphatic rings. The van der Waals surface area contributed by atoms with E-state index in [2.05, 4.69) is 43.9 Å². The van der Waals surface area contributed by atoms with Crippen molar-refractivity contribution in [3.63, 3.8) is 0 Å². The van der Waals surface area contributed by atoms with E-state index in [-0.39, 0.29) is 5.04 Å². The molecule has 2 aromatic rings. The fourth-order valence-electron chi connectivity index (χ4n) is 1.57. The highest BCUT2D eigenvalue weighted by atomic mass is 35.5. The van der Waals surface area contributed by atoms with Crippen LogP contribution in [0.25, 0.3) is 5.69 Å². The number of hydrogen-bond donors (Lipinski definition) is 0. The highest BCUT2D eigenvalue weighted by Crippen LogP contribution is 2.36. The molecule has 0 saturated carbocycles. The molecule has 114 valence electrons. The molecule has 1 heterocycles. The molecule has 1 aromatic heterocycles. The van der Waals surface area contributed by atoms with Gasteiger partial charge < -0.3 is 4.43 Å². The second kappa shape index (κ2) is 5.91. The van der Waals surface area contributed by atoms with Gasteiger partial charge in [-0.15, -0.1) is 5.10 Å². The molecule has 2 rings (SSSR count). The van der Waals surface area contributed by atoms with Crippen molar-refractivity contribution >= 4 is 19.9 Å². The molecule has 4 nitrogen and oxygen atoms in total. The molecule has 0 bridgehead atoms. The molecule has 0 aliphatic carbocycles. The molecule has 21 heavy (non-hydrogen) atoms. The average Bonchev–Trinajstić information content (AvgIpc) is 2.84. The molecule has 0 saturated heterocycles. The minimum atomic E-state index is -1.78. The summed E-state index contributed by atoms with van der Waals surface area (Å²) in [6.45, 7) is 11.6. The molecule has 0 unspecified atom stereocenters. The van der Waals surface area contributed by atoms with Gasteiger partial charge in [-0.05, 0) is 36.3 Å². The van der Waals surface area contributed by atoms with Crippen LogP contribution in [0.1, 0.15) is 26.6 Å². The minimum Gasteiger partial charge on any atom is -0.409 e. The summed E-state index contributed by atoms with van der Waals surface area (Å²) in [5, 5.41) is 5.32. The predicted octanol–water partition coefficient (Wildman–Crippen LogP) is 4.44. The van der Waals surface area contributed by atoms with Gasteiger partial charge in [0.05, 0.1) is 12.3 Å². The van der Waals surface area contributed by atoms with Crippen molar-refractivity contribution in [3.8, 4) is 5.69 Å². The lowest BCUT2D eigenvalue weighted by Gasteiger charge is -2.35. The third-order valence-electron chi connectivity index (χ3n) is 3.98. The van der Waals surface area contributed by atoms with Gasteiger partial charge in [0.1, 0.15) is 6.33 Å². The zero-order chi connectivity index (χ0) is 15.7. The number of nitrogens with zero attached hydrogens (tertiary/aromatic N) is 3. The van der Waals surface area contributed by atoms with E-state index in [0.717, 1.165) is 5.69 Å².